The van der Waals surface area contributed by atoms with E-state index >= 15 is 0 Å². The summed E-state index contributed by atoms with van der Waals surface area (Å²) in [4.78, 5) is 0. The molecule has 0 saturated carbocycles. The number of hydrogen-bond donors (Lipinski definition) is 0. The van der Waals surface area contributed by atoms with Crippen LogP contribution in [0.4, 0.5) is 0 Å². The second-order valence-electron chi connectivity index (χ2n) is 6.67. The van der Waals surface area contributed by atoms with Crippen LogP contribution in [-0.4, -0.2) is 24.6 Å². The predicted molar refractivity (Wildman–Crippen MR) is 104 cm³/mol. The molecule has 20 heavy (non-hydrogen) atoms. The molecular formula is C18H40BrP. The van der Waals surface area contributed by atoms with E-state index in [1.54, 1.807) is 0 Å². The van der Waals surface area contributed by atoms with Gasteiger partial charge in [-0.2, -0.15) is 0 Å². The summed E-state index contributed by atoms with van der Waals surface area (Å²) in [5.74, 6) is 0. The van der Waals surface area contributed by atoms with Crippen LogP contribution in [0.5, 0.6) is 0 Å². The second-order valence-corrected chi connectivity index (χ2v) is 18.7. The standard InChI is InChI=1S/C18H40BrP/c1-5-9-10-11-12-13-14-15-16-17-18-20(19,6-2,7-3)8-4/h5-18H2,1-4H3. The zero-order valence-corrected chi connectivity index (χ0v) is 17.2. The molecule has 0 aliphatic heterocycles. The van der Waals surface area contributed by atoms with E-state index in [2.05, 4.69) is 43.2 Å². The molecule has 0 saturated heterocycles. The Morgan fingerprint density at radius 1 is 0.550 bits per heavy atom. The topological polar surface area (TPSA) is 0 Å². The van der Waals surface area contributed by atoms with Gasteiger partial charge in [-0.15, -0.1) is 0 Å². The Hall–Kier alpha value is 0.910. The first-order valence-electron chi connectivity index (χ1n) is 9.26. The molecule has 0 radical (unpaired) electrons. The molecule has 0 bridgehead atoms. The van der Waals surface area contributed by atoms with Crippen molar-refractivity contribution in [1.29, 1.82) is 0 Å². The van der Waals surface area contributed by atoms with Gasteiger partial charge in [0, 0.05) is 0 Å². The molecule has 0 atom stereocenters. The fourth-order valence-corrected chi connectivity index (χ4v) is 7.20. The van der Waals surface area contributed by atoms with E-state index in [1.165, 1.54) is 88.9 Å². The van der Waals surface area contributed by atoms with Crippen molar-refractivity contribution in [2.24, 2.45) is 0 Å². The summed E-state index contributed by atoms with van der Waals surface area (Å²) in [6.45, 7) is 9.49. The van der Waals surface area contributed by atoms with Gasteiger partial charge in [0.2, 0.25) is 0 Å². The Morgan fingerprint density at radius 2 is 0.900 bits per heavy atom. The predicted octanol–water partition coefficient (Wildman–Crippen LogP) is 7.83. The number of rotatable bonds is 14. The van der Waals surface area contributed by atoms with Crippen LogP contribution in [0.1, 0.15) is 91.9 Å². The first kappa shape index (κ1) is 20.9. The number of hydrogen-bond acceptors (Lipinski definition) is 0. The molecule has 0 nitrogen and oxygen atoms in total. The van der Waals surface area contributed by atoms with Crippen molar-refractivity contribution in [3.8, 4) is 0 Å². The minimum absolute atomic E-state index is 1.37. The molecular weight excluding hydrogens is 327 g/mol. The Bertz CT molecular complexity index is 212. The molecule has 0 spiro atoms. The van der Waals surface area contributed by atoms with Gasteiger partial charge in [0.15, 0.2) is 0 Å². The zero-order chi connectivity index (χ0) is 15.3. The maximum absolute atomic E-state index is 4.24. The molecule has 124 valence electrons. The molecule has 0 fully saturated rings. The molecule has 0 rings (SSSR count). The fourth-order valence-electron chi connectivity index (χ4n) is 3.14. The van der Waals surface area contributed by atoms with Crippen LogP contribution >= 0.6 is 20.8 Å². The number of halogens is 1. The van der Waals surface area contributed by atoms with Crippen molar-refractivity contribution in [1.82, 2.24) is 0 Å². The first-order valence-corrected chi connectivity index (χ1v) is 14.3. The van der Waals surface area contributed by atoms with Crippen LogP contribution in [0.3, 0.4) is 0 Å². The van der Waals surface area contributed by atoms with Crippen molar-refractivity contribution in [3.63, 3.8) is 0 Å². The maximum atomic E-state index is 4.24. The Morgan fingerprint density at radius 3 is 1.25 bits per heavy atom. The normalized spacial score (nSPS) is 14.2. The zero-order valence-electron chi connectivity index (χ0n) is 14.7. The van der Waals surface area contributed by atoms with Crippen molar-refractivity contribution in [2.45, 2.75) is 91.9 Å². The average molecular weight is 367 g/mol. The average Bonchev–Trinajstić information content (AvgIpc) is 2.49. The first-order chi connectivity index (χ1) is 9.54. The van der Waals surface area contributed by atoms with E-state index in [1.807, 2.05) is 0 Å². The summed E-state index contributed by atoms with van der Waals surface area (Å²) in [5, 5.41) is -1.47. The van der Waals surface area contributed by atoms with E-state index in [-0.39, 0.29) is 0 Å². The Labute approximate surface area is 137 Å². The van der Waals surface area contributed by atoms with Crippen LogP contribution in [-0.2, 0) is 0 Å². The van der Waals surface area contributed by atoms with Crippen LogP contribution in [0, 0.1) is 0 Å². The quantitative estimate of drug-likeness (QED) is 0.217. The van der Waals surface area contributed by atoms with Gasteiger partial charge >= 0.3 is 137 Å². The van der Waals surface area contributed by atoms with E-state index in [0.29, 0.717) is 0 Å². The van der Waals surface area contributed by atoms with E-state index < -0.39 is 5.31 Å². The molecule has 0 amide bonds. The molecule has 2 heteroatoms. The molecule has 0 aliphatic carbocycles. The third-order valence-electron chi connectivity index (χ3n) is 5.44. The Balaban J connectivity index is 3.56. The SMILES string of the molecule is CCCCCCCCCCCCP(Br)(CC)(CC)CC. The monoisotopic (exact) mass is 366 g/mol. The summed E-state index contributed by atoms with van der Waals surface area (Å²) in [5.41, 5.74) is 0. The van der Waals surface area contributed by atoms with Crippen molar-refractivity contribution in [2.75, 3.05) is 24.6 Å². The van der Waals surface area contributed by atoms with Crippen molar-refractivity contribution >= 4 is 20.8 Å². The van der Waals surface area contributed by atoms with Gasteiger partial charge < -0.3 is 0 Å². The summed E-state index contributed by atoms with van der Waals surface area (Å²) in [7, 11) is 0. The second kappa shape index (κ2) is 11.5. The van der Waals surface area contributed by atoms with Gasteiger partial charge in [0.1, 0.15) is 0 Å². The van der Waals surface area contributed by atoms with E-state index in [4.69, 9.17) is 0 Å². The fraction of sp³-hybridized carbons (Fsp3) is 1.00. The van der Waals surface area contributed by atoms with Crippen LogP contribution < -0.4 is 0 Å². The van der Waals surface area contributed by atoms with Gasteiger partial charge in [-0.25, -0.2) is 0 Å². The summed E-state index contributed by atoms with van der Waals surface area (Å²) < 4.78 is 0. The third kappa shape index (κ3) is 8.38. The van der Waals surface area contributed by atoms with Crippen LogP contribution in [0.15, 0.2) is 0 Å². The Kier molecular flexibility index (Phi) is 12.0. The summed E-state index contributed by atoms with van der Waals surface area (Å²) in [6.07, 6.45) is 20.1. The molecule has 0 N–H and O–H groups in total. The number of unbranched alkanes of at least 4 members (excludes halogenated alkanes) is 9. The molecule has 0 unspecified atom stereocenters. The molecule has 0 heterocycles. The summed E-state index contributed by atoms with van der Waals surface area (Å²) >= 11 is 4.24. The minimum atomic E-state index is -1.47. The summed E-state index contributed by atoms with van der Waals surface area (Å²) in [6, 6.07) is 0. The molecule has 0 aromatic heterocycles. The molecule has 0 aromatic rings. The van der Waals surface area contributed by atoms with Gasteiger partial charge in [0.25, 0.3) is 0 Å². The van der Waals surface area contributed by atoms with Gasteiger partial charge in [-0.3, -0.25) is 0 Å². The third-order valence-corrected chi connectivity index (χ3v) is 17.2. The van der Waals surface area contributed by atoms with Gasteiger partial charge in [-0.1, -0.05) is 0 Å². The van der Waals surface area contributed by atoms with Crippen LogP contribution in [0.25, 0.3) is 0 Å². The van der Waals surface area contributed by atoms with Crippen molar-refractivity contribution < 1.29 is 0 Å². The van der Waals surface area contributed by atoms with Crippen molar-refractivity contribution in [3.05, 3.63) is 0 Å². The van der Waals surface area contributed by atoms with E-state index in [0.717, 1.165) is 0 Å². The molecule has 0 aliphatic rings. The van der Waals surface area contributed by atoms with E-state index in [9.17, 15) is 0 Å². The van der Waals surface area contributed by atoms with Gasteiger partial charge in [0.05, 0.1) is 0 Å². The van der Waals surface area contributed by atoms with Crippen LogP contribution in [0.2, 0.25) is 0 Å². The van der Waals surface area contributed by atoms with Gasteiger partial charge in [-0.05, 0) is 0 Å². The molecule has 0 aromatic carbocycles.